The van der Waals surface area contributed by atoms with Crippen LogP contribution in [0.15, 0.2) is 73.1 Å². The van der Waals surface area contributed by atoms with E-state index in [4.69, 9.17) is 4.98 Å². The molecule has 5 nitrogen and oxygen atoms in total. The summed E-state index contributed by atoms with van der Waals surface area (Å²) >= 11 is 0. The second kappa shape index (κ2) is 9.31. The van der Waals surface area contributed by atoms with Crippen LogP contribution in [0.5, 0.6) is 0 Å². The molecule has 2 aromatic carbocycles. The molecule has 0 atom stereocenters. The first-order valence-corrected chi connectivity index (χ1v) is 11.2. The average Bonchev–Trinajstić information content (AvgIpc) is 3.33. The summed E-state index contributed by atoms with van der Waals surface area (Å²) in [6.45, 7) is 4.68. The lowest BCUT2D eigenvalue weighted by molar-refractivity contribution is 0.570. The quantitative estimate of drug-likeness (QED) is 0.476. The van der Waals surface area contributed by atoms with E-state index in [1.807, 2.05) is 23.1 Å². The van der Waals surface area contributed by atoms with Crippen molar-refractivity contribution in [1.82, 2.24) is 20.1 Å². The Hall–Kier alpha value is -3.18. The van der Waals surface area contributed by atoms with Gasteiger partial charge in [-0.1, -0.05) is 42.5 Å². The Labute approximate surface area is 183 Å². The number of aromatic nitrogens is 3. The molecular formula is C26H29N5. The van der Waals surface area contributed by atoms with Gasteiger partial charge in [0.1, 0.15) is 5.82 Å². The Morgan fingerprint density at radius 2 is 1.65 bits per heavy atom. The van der Waals surface area contributed by atoms with Crippen molar-refractivity contribution < 1.29 is 0 Å². The summed E-state index contributed by atoms with van der Waals surface area (Å²) in [7, 11) is 0. The van der Waals surface area contributed by atoms with Crippen molar-refractivity contribution in [2.45, 2.75) is 38.9 Å². The fourth-order valence-corrected chi connectivity index (χ4v) is 4.34. The molecule has 0 saturated carbocycles. The van der Waals surface area contributed by atoms with Gasteiger partial charge in [-0.3, -0.25) is 4.68 Å². The van der Waals surface area contributed by atoms with Gasteiger partial charge < -0.3 is 10.2 Å². The Morgan fingerprint density at radius 3 is 2.45 bits per heavy atom. The molecule has 0 bridgehead atoms. The van der Waals surface area contributed by atoms with Gasteiger partial charge in [0.15, 0.2) is 0 Å². The number of anilines is 1. The minimum Gasteiger partial charge on any atom is -0.356 e. The zero-order valence-electron chi connectivity index (χ0n) is 17.9. The molecule has 0 spiro atoms. The molecule has 0 amide bonds. The molecule has 1 aliphatic rings. The third kappa shape index (κ3) is 4.78. The summed E-state index contributed by atoms with van der Waals surface area (Å²) in [4.78, 5) is 7.52. The zero-order chi connectivity index (χ0) is 20.9. The molecule has 0 unspecified atom stereocenters. The zero-order valence-corrected chi connectivity index (χ0v) is 17.9. The monoisotopic (exact) mass is 411 g/mol. The molecule has 5 heteroatoms. The van der Waals surface area contributed by atoms with E-state index in [1.165, 1.54) is 41.3 Å². The van der Waals surface area contributed by atoms with Gasteiger partial charge in [0.25, 0.3) is 0 Å². The highest BCUT2D eigenvalue weighted by Crippen LogP contribution is 2.26. The molecule has 1 N–H and O–H groups in total. The maximum atomic E-state index is 5.05. The molecule has 2 aromatic heterocycles. The maximum absolute atomic E-state index is 5.05. The van der Waals surface area contributed by atoms with Gasteiger partial charge in [0, 0.05) is 49.5 Å². The Kier molecular flexibility index (Phi) is 5.94. The first kappa shape index (κ1) is 19.8. The van der Waals surface area contributed by atoms with Gasteiger partial charge in [-0.05, 0) is 48.6 Å². The van der Waals surface area contributed by atoms with Crippen molar-refractivity contribution in [2.24, 2.45) is 0 Å². The summed E-state index contributed by atoms with van der Waals surface area (Å²) in [6.07, 6.45) is 7.65. The van der Waals surface area contributed by atoms with Crippen molar-refractivity contribution >= 4 is 16.7 Å². The van der Waals surface area contributed by atoms with E-state index in [0.29, 0.717) is 0 Å². The van der Waals surface area contributed by atoms with E-state index in [9.17, 15) is 0 Å². The van der Waals surface area contributed by atoms with Crippen LogP contribution in [-0.4, -0.2) is 27.9 Å². The lowest BCUT2D eigenvalue weighted by Gasteiger charge is -2.30. The third-order valence-electron chi connectivity index (χ3n) is 6.01. The summed E-state index contributed by atoms with van der Waals surface area (Å²) in [6, 6.07) is 21.5. The summed E-state index contributed by atoms with van der Waals surface area (Å²) in [5.74, 6) is 1.15. The number of pyridine rings is 1. The van der Waals surface area contributed by atoms with E-state index in [-0.39, 0.29) is 0 Å². The van der Waals surface area contributed by atoms with Gasteiger partial charge in [-0.2, -0.15) is 5.10 Å². The van der Waals surface area contributed by atoms with Crippen LogP contribution in [0.25, 0.3) is 10.9 Å². The van der Waals surface area contributed by atoms with E-state index in [0.717, 1.165) is 44.1 Å². The number of hydrogen-bond acceptors (Lipinski definition) is 4. The Balaban J connectivity index is 1.27. The minimum atomic E-state index is 0.808. The van der Waals surface area contributed by atoms with Crippen LogP contribution in [0.2, 0.25) is 0 Å². The molecular weight excluding hydrogens is 382 g/mol. The molecule has 1 saturated heterocycles. The summed E-state index contributed by atoms with van der Waals surface area (Å²) in [5, 5.41) is 9.13. The van der Waals surface area contributed by atoms with Crippen molar-refractivity contribution in [2.75, 3.05) is 18.0 Å². The standard InChI is InChI=1S/C26H29N5/c1-4-14-30(15-5-1)26-24(17-23-7-2-3-8-25(23)29-26)19-27-18-21-9-11-22(12-10-21)20-31-16-6-13-28-31/h2-3,6-13,16-17,27H,1,4-5,14-15,18-20H2. The first-order valence-electron chi connectivity index (χ1n) is 11.2. The van der Waals surface area contributed by atoms with Crippen LogP contribution in [-0.2, 0) is 19.6 Å². The van der Waals surface area contributed by atoms with E-state index in [1.54, 1.807) is 0 Å². The van der Waals surface area contributed by atoms with Crippen molar-refractivity contribution in [3.8, 4) is 0 Å². The number of para-hydroxylation sites is 1. The molecule has 1 fully saturated rings. The van der Waals surface area contributed by atoms with E-state index >= 15 is 0 Å². The summed E-state index contributed by atoms with van der Waals surface area (Å²) < 4.78 is 1.95. The van der Waals surface area contributed by atoms with Gasteiger partial charge in [-0.15, -0.1) is 0 Å². The van der Waals surface area contributed by atoms with E-state index in [2.05, 4.69) is 69.9 Å². The third-order valence-corrected chi connectivity index (χ3v) is 6.01. The fraction of sp³-hybridized carbons (Fsp3) is 0.308. The predicted octanol–water partition coefficient (Wildman–Crippen LogP) is 4.76. The Bertz CT molecular complexity index is 1110. The number of piperidine rings is 1. The van der Waals surface area contributed by atoms with Crippen LogP contribution in [0.1, 0.15) is 36.0 Å². The van der Waals surface area contributed by atoms with Crippen LogP contribution in [0.4, 0.5) is 5.82 Å². The predicted molar refractivity (Wildman–Crippen MR) is 126 cm³/mol. The fourth-order valence-electron chi connectivity index (χ4n) is 4.34. The van der Waals surface area contributed by atoms with Crippen LogP contribution >= 0.6 is 0 Å². The van der Waals surface area contributed by atoms with Crippen molar-refractivity contribution in [1.29, 1.82) is 0 Å². The largest absolute Gasteiger partial charge is 0.356 e. The smallest absolute Gasteiger partial charge is 0.133 e. The number of nitrogens with one attached hydrogen (secondary N) is 1. The topological polar surface area (TPSA) is 46.0 Å². The van der Waals surface area contributed by atoms with Crippen molar-refractivity contribution in [3.05, 3.63) is 89.7 Å². The lowest BCUT2D eigenvalue weighted by Crippen LogP contribution is -2.31. The van der Waals surface area contributed by atoms with Gasteiger partial charge in [0.2, 0.25) is 0 Å². The molecule has 0 radical (unpaired) electrons. The minimum absolute atomic E-state index is 0.808. The highest BCUT2D eigenvalue weighted by molar-refractivity contribution is 5.81. The SMILES string of the molecule is c1ccc2nc(N3CCCCC3)c(CNCc3ccc(Cn4cccn4)cc3)cc2c1. The molecule has 3 heterocycles. The molecule has 158 valence electrons. The molecule has 5 rings (SSSR count). The van der Waals surface area contributed by atoms with Gasteiger partial charge >= 0.3 is 0 Å². The van der Waals surface area contributed by atoms with Crippen LogP contribution in [0.3, 0.4) is 0 Å². The highest BCUT2D eigenvalue weighted by Gasteiger charge is 2.17. The number of nitrogens with zero attached hydrogens (tertiary/aromatic N) is 4. The van der Waals surface area contributed by atoms with Crippen molar-refractivity contribution in [3.63, 3.8) is 0 Å². The van der Waals surface area contributed by atoms with Crippen LogP contribution < -0.4 is 10.2 Å². The highest BCUT2D eigenvalue weighted by atomic mass is 15.3. The van der Waals surface area contributed by atoms with Gasteiger partial charge in [0.05, 0.1) is 12.1 Å². The number of fused-ring (bicyclic) bond motifs is 1. The number of rotatable bonds is 7. The van der Waals surface area contributed by atoms with Gasteiger partial charge in [-0.25, -0.2) is 4.98 Å². The molecule has 1 aliphatic heterocycles. The average molecular weight is 412 g/mol. The normalized spacial score (nSPS) is 14.3. The van der Waals surface area contributed by atoms with E-state index < -0.39 is 0 Å². The second-order valence-electron chi connectivity index (χ2n) is 8.34. The maximum Gasteiger partial charge on any atom is 0.133 e. The molecule has 31 heavy (non-hydrogen) atoms. The summed E-state index contributed by atoms with van der Waals surface area (Å²) in [5.41, 5.74) is 4.92. The lowest BCUT2D eigenvalue weighted by atomic mass is 10.1. The van der Waals surface area contributed by atoms with Crippen LogP contribution in [0, 0.1) is 0 Å². The number of benzene rings is 2. The Morgan fingerprint density at radius 1 is 0.839 bits per heavy atom. The second-order valence-corrected chi connectivity index (χ2v) is 8.34. The first-order chi connectivity index (χ1) is 15.3. The number of hydrogen-bond donors (Lipinski definition) is 1. The molecule has 0 aliphatic carbocycles. The molecule has 4 aromatic rings.